The molecular formula is C12H15NOS. The smallest absolute Gasteiger partial charge is 0.0994 e. The van der Waals surface area contributed by atoms with Gasteiger partial charge < -0.3 is 0 Å². The minimum atomic E-state index is -0.834. The molecule has 0 N–H and O–H groups in total. The molecule has 3 heteroatoms. The summed E-state index contributed by atoms with van der Waals surface area (Å²) in [5.41, 5.74) is 1.54. The van der Waals surface area contributed by atoms with E-state index in [0.717, 1.165) is 24.2 Å². The Morgan fingerprint density at radius 3 is 2.80 bits per heavy atom. The van der Waals surface area contributed by atoms with Crippen molar-refractivity contribution in [3.63, 3.8) is 0 Å². The zero-order chi connectivity index (χ0) is 11.1. The monoisotopic (exact) mass is 221 g/mol. The molecule has 0 bridgehead atoms. The highest BCUT2D eigenvalue weighted by atomic mass is 32.2. The van der Waals surface area contributed by atoms with Gasteiger partial charge in [0.05, 0.1) is 11.6 Å². The van der Waals surface area contributed by atoms with Crippen LogP contribution >= 0.6 is 0 Å². The minimum Gasteiger partial charge on any atom is -0.259 e. The Morgan fingerprint density at radius 1 is 1.40 bits per heavy atom. The summed E-state index contributed by atoms with van der Waals surface area (Å²) in [6, 6.07) is 9.48. The number of nitriles is 1. The van der Waals surface area contributed by atoms with E-state index in [1.54, 1.807) is 6.07 Å². The van der Waals surface area contributed by atoms with Gasteiger partial charge in [0, 0.05) is 22.3 Å². The molecule has 0 saturated heterocycles. The van der Waals surface area contributed by atoms with Crippen LogP contribution in [-0.4, -0.2) is 9.96 Å². The van der Waals surface area contributed by atoms with Crippen molar-refractivity contribution in [1.82, 2.24) is 0 Å². The maximum Gasteiger partial charge on any atom is 0.0994 e. The quantitative estimate of drug-likeness (QED) is 0.767. The second-order valence-corrected chi connectivity index (χ2v) is 4.99. The molecule has 0 aromatic heterocycles. The summed E-state index contributed by atoms with van der Waals surface area (Å²) < 4.78 is 11.6. The van der Waals surface area contributed by atoms with E-state index >= 15 is 0 Å². The van der Waals surface area contributed by atoms with Crippen LogP contribution in [0.1, 0.15) is 30.9 Å². The maximum absolute atomic E-state index is 11.6. The molecule has 0 aliphatic carbocycles. The SMILES string of the molecule is CCCCS(=O)Cc1ccccc1C#N. The Labute approximate surface area is 93.4 Å². The van der Waals surface area contributed by atoms with Crippen molar-refractivity contribution in [2.24, 2.45) is 0 Å². The molecule has 80 valence electrons. The highest BCUT2D eigenvalue weighted by Crippen LogP contribution is 2.10. The Balaban J connectivity index is 2.64. The third-order valence-corrected chi connectivity index (χ3v) is 3.56. The summed E-state index contributed by atoms with van der Waals surface area (Å²) in [4.78, 5) is 0. The van der Waals surface area contributed by atoms with E-state index in [9.17, 15) is 4.21 Å². The third kappa shape index (κ3) is 3.85. The molecule has 0 spiro atoms. The minimum absolute atomic E-state index is 0.504. The molecule has 2 nitrogen and oxygen atoms in total. The van der Waals surface area contributed by atoms with Gasteiger partial charge in [-0.2, -0.15) is 5.26 Å². The fourth-order valence-electron chi connectivity index (χ4n) is 1.31. The zero-order valence-electron chi connectivity index (χ0n) is 8.90. The first-order valence-electron chi connectivity index (χ1n) is 5.11. The van der Waals surface area contributed by atoms with Gasteiger partial charge in [-0.25, -0.2) is 0 Å². The van der Waals surface area contributed by atoms with Crippen LogP contribution in [-0.2, 0) is 16.6 Å². The number of benzene rings is 1. The molecule has 1 unspecified atom stereocenters. The number of hydrogen-bond donors (Lipinski definition) is 0. The molecule has 0 fully saturated rings. The van der Waals surface area contributed by atoms with Gasteiger partial charge in [-0.3, -0.25) is 4.21 Å². The summed E-state index contributed by atoms with van der Waals surface area (Å²) >= 11 is 0. The van der Waals surface area contributed by atoms with Crippen LogP contribution in [0.2, 0.25) is 0 Å². The fraction of sp³-hybridized carbons (Fsp3) is 0.417. The predicted molar refractivity (Wildman–Crippen MR) is 62.8 cm³/mol. The first kappa shape index (κ1) is 11.9. The molecule has 15 heavy (non-hydrogen) atoms. The van der Waals surface area contributed by atoms with Gasteiger partial charge in [0.1, 0.15) is 0 Å². The number of nitrogens with zero attached hydrogens (tertiary/aromatic N) is 1. The van der Waals surface area contributed by atoms with Crippen molar-refractivity contribution in [1.29, 1.82) is 5.26 Å². The fourth-order valence-corrected chi connectivity index (χ4v) is 2.66. The van der Waals surface area contributed by atoms with Gasteiger partial charge in [0.2, 0.25) is 0 Å². The standard InChI is InChI=1S/C12H15NOS/c1-2-3-8-15(14)10-12-7-5-4-6-11(12)9-13/h4-7H,2-3,8,10H2,1H3. The van der Waals surface area contributed by atoms with E-state index in [0.29, 0.717) is 11.3 Å². The molecule has 0 saturated carbocycles. The van der Waals surface area contributed by atoms with E-state index < -0.39 is 10.8 Å². The Kier molecular flexibility index (Phi) is 5.06. The van der Waals surface area contributed by atoms with Gasteiger partial charge in [0.15, 0.2) is 0 Å². The molecule has 0 aliphatic rings. The molecule has 0 heterocycles. The van der Waals surface area contributed by atoms with Crippen LogP contribution in [0.25, 0.3) is 0 Å². The Bertz CT molecular complexity index is 381. The van der Waals surface area contributed by atoms with Gasteiger partial charge >= 0.3 is 0 Å². The first-order valence-corrected chi connectivity index (χ1v) is 6.59. The van der Waals surface area contributed by atoms with Crippen LogP contribution in [0.15, 0.2) is 24.3 Å². The summed E-state index contributed by atoms with van der Waals surface area (Å²) in [6.45, 7) is 2.08. The highest BCUT2D eigenvalue weighted by molar-refractivity contribution is 7.84. The van der Waals surface area contributed by atoms with Crippen molar-refractivity contribution >= 4 is 10.8 Å². The van der Waals surface area contributed by atoms with E-state index in [4.69, 9.17) is 5.26 Å². The van der Waals surface area contributed by atoms with Gasteiger partial charge in [-0.05, 0) is 18.1 Å². The lowest BCUT2D eigenvalue weighted by Gasteiger charge is -2.03. The maximum atomic E-state index is 11.6. The van der Waals surface area contributed by atoms with Gasteiger partial charge in [-0.1, -0.05) is 31.5 Å². The van der Waals surface area contributed by atoms with Crippen molar-refractivity contribution in [2.75, 3.05) is 5.75 Å². The second kappa shape index (κ2) is 6.36. The van der Waals surface area contributed by atoms with Crippen LogP contribution in [0.3, 0.4) is 0 Å². The highest BCUT2D eigenvalue weighted by Gasteiger charge is 2.05. The largest absolute Gasteiger partial charge is 0.259 e. The van der Waals surface area contributed by atoms with Gasteiger partial charge in [-0.15, -0.1) is 0 Å². The van der Waals surface area contributed by atoms with Crippen molar-refractivity contribution < 1.29 is 4.21 Å². The van der Waals surface area contributed by atoms with Crippen LogP contribution in [0, 0.1) is 11.3 Å². The average Bonchev–Trinajstić information content (AvgIpc) is 2.27. The van der Waals surface area contributed by atoms with E-state index in [2.05, 4.69) is 13.0 Å². The van der Waals surface area contributed by atoms with Crippen LogP contribution in [0.5, 0.6) is 0 Å². The summed E-state index contributed by atoms with van der Waals surface area (Å²) in [7, 11) is -0.834. The average molecular weight is 221 g/mol. The molecule has 0 amide bonds. The lowest BCUT2D eigenvalue weighted by Crippen LogP contribution is -2.02. The summed E-state index contributed by atoms with van der Waals surface area (Å²) in [5.74, 6) is 1.24. The van der Waals surface area contributed by atoms with Crippen LogP contribution in [0.4, 0.5) is 0 Å². The number of hydrogen-bond acceptors (Lipinski definition) is 2. The molecule has 1 atom stereocenters. The molecule has 0 aliphatic heterocycles. The van der Waals surface area contributed by atoms with Crippen LogP contribution < -0.4 is 0 Å². The molecule has 1 aromatic rings. The summed E-state index contributed by atoms with van der Waals surface area (Å²) in [5, 5.41) is 8.86. The normalized spacial score (nSPS) is 12.0. The van der Waals surface area contributed by atoms with Crippen molar-refractivity contribution in [3.8, 4) is 6.07 Å². The molecule has 1 aromatic carbocycles. The Hall–Kier alpha value is -1.14. The summed E-state index contributed by atoms with van der Waals surface area (Å²) in [6.07, 6.45) is 2.05. The van der Waals surface area contributed by atoms with Gasteiger partial charge in [0.25, 0.3) is 0 Å². The molecule has 1 rings (SSSR count). The Morgan fingerprint density at radius 2 is 2.13 bits per heavy atom. The molecular weight excluding hydrogens is 206 g/mol. The van der Waals surface area contributed by atoms with E-state index in [1.165, 1.54) is 0 Å². The zero-order valence-corrected chi connectivity index (χ0v) is 9.72. The number of rotatable bonds is 5. The van der Waals surface area contributed by atoms with E-state index in [-0.39, 0.29) is 0 Å². The lowest BCUT2D eigenvalue weighted by atomic mass is 10.1. The van der Waals surface area contributed by atoms with Crippen molar-refractivity contribution in [2.45, 2.75) is 25.5 Å². The second-order valence-electron chi connectivity index (χ2n) is 3.41. The number of unbranched alkanes of at least 4 members (excludes halogenated alkanes) is 1. The third-order valence-electron chi connectivity index (χ3n) is 2.18. The topological polar surface area (TPSA) is 40.9 Å². The molecule has 0 radical (unpaired) electrons. The lowest BCUT2D eigenvalue weighted by molar-refractivity contribution is 0.679. The first-order chi connectivity index (χ1) is 7.27. The van der Waals surface area contributed by atoms with Crippen molar-refractivity contribution in [3.05, 3.63) is 35.4 Å². The predicted octanol–water partition coefficient (Wildman–Crippen LogP) is 2.61. The van der Waals surface area contributed by atoms with E-state index in [1.807, 2.05) is 18.2 Å².